The molecule has 0 spiro atoms. The maximum Gasteiger partial charge on any atom is 0.242 e. The second kappa shape index (κ2) is 6.87. The van der Waals surface area contributed by atoms with Crippen molar-refractivity contribution in [2.45, 2.75) is 49.5 Å². The van der Waals surface area contributed by atoms with Gasteiger partial charge in [-0.2, -0.15) is 0 Å². The van der Waals surface area contributed by atoms with Crippen LogP contribution in [0.25, 0.3) is 0 Å². The Labute approximate surface area is 161 Å². The van der Waals surface area contributed by atoms with Crippen molar-refractivity contribution in [3.8, 4) is 0 Å². The van der Waals surface area contributed by atoms with Crippen molar-refractivity contribution in [1.82, 2.24) is 4.31 Å². The van der Waals surface area contributed by atoms with Gasteiger partial charge in [0.15, 0.2) is 0 Å². The summed E-state index contributed by atoms with van der Waals surface area (Å²) in [6.45, 7) is 0.636. The summed E-state index contributed by atoms with van der Waals surface area (Å²) < 4.78 is 26.2. The van der Waals surface area contributed by atoms with Gasteiger partial charge in [0.1, 0.15) is 0 Å². The second-order valence-corrected chi connectivity index (χ2v) is 10.7. The van der Waals surface area contributed by atoms with Crippen molar-refractivity contribution in [1.29, 1.82) is 0 Å². The van der Waals surface area contributed by atoms with E-state index in [1.807, 2.05) is 11.0 Å². The lowest BCUT2D eigenvalue weighted by molar-refractivity contribution is -0.125. The summed E-state index contributed by atoms with van der Waals surface area (Å²) in [5.41, 5.74) is 8.19. The van der Waals surface area contributed by atoms with Crippen LogP contribution in [0, 0.1) is 17.8 Å². The fraction of sp³-hybridized carbons (Fsp3) is 0.650. The van der Waals surface area contributed by atoms with E-state index in [2.05, 4.69) is 0 Å². The number of amides is 1. The van der Waals surface area contributed by atoms with Crippen molar-refractivity contribution >= 4 is 21.6 Å². The largest absolute Gasteiger partial charge is 0.327 e. The number of sulfonamides is 1. The molecular weight excluding hydrogens is 362 g/mol. The number of benzene rings is 1. The molecule has 2 aliphatic carbocycles. The Hall–Kier alpha value is -1.44. The summed E-state index contributed by atoms with van der Waals surface area (Å²) >= 11 is 0. The number of carbonyl (C=O) groups is 1. The van der Waals surface area contributed by atoms with Crippen molar-refractivity contribution in [3.05, 3.63) is 23.8 Å². The minimum absolute atomic E-state index is 0.0140. The molecule has 2 unspecified atom stereocenters. The fourth-order valence-corrected chi connectivity index (χ4v) is 6.09. The summed E-state index contributed by atoms with van der Waals surface area (Å²) in [7, 11) is -0.467. The summed E-state index contributed by atoms with van der Waals surface area (Å²) in [4.78, 5) is 15.4. The number of hydrogen-bond acceptors (Lipinski definition) is 4. The van der Waals surface area contributed by atoms with E-state index in [1.54, 1.807) is 12.1 Å². The Balaban J connectivity index is 1.60. The molecule has 27 heavy (non-hydrogen) atoms. The first kappa shape index (κ1) is 18.9. The third-order valence-corrected chi connectivity index (χ3v) is 8.57. The summed E-state index contributed by atoms with van der Waals surface area (Å²) in [6.07, 6.45) is 6.01. The maximum absolute atomic E-state index is 13.3. The Bertz CT molecular complexity index is 838. The highest BCUT2D eigenvalue weighted by Gasteiger charge is 2.42. The summed E-state index contributed by atoms with van der Waals surface area (Å²) in [5, 5.41) is 0. The van der Waals surface area contributed by atoms with Crippen LogP contribution in [0.3, 0.4) is 0 Å². The topological polar surface area (TPSA) is 83.7 Å². The third-order valence-electron chi connectivity index (χ3n) is 6.76. The highest BCUT2D eigenvalue weighted by atomic mass is 32.2. The number of fused-ring (bicyclic) bond motifs is 3. The molecule has 2 saturated carbocycles. The van der Waals surface area contributed by atoms with E-state index in [-0.39, 0.29) is 22.8 Å². The summed E-state index contributed by atoms with van der Waals surface area (Å²) in [6, 6.07) is 5.41. The van der Waals surface area contributed by atoms with Gasteiger partial charge in [0, 0.05) is 38.3 Å². The van der Waals surface area contributed by atoms with E-state index in [1.165, 1.54) is 24.8 Å². The van der Waals surface area contributed by atoms with Gasteiger partial charge in [-0.1, -0.05) is 12.5 Å². The van der Waals surface area contributed by atoms with Gasteiger partial charge in [0.2, 0.25) is 15.9 Å². The lowest BCUT2D eigenvalue weighted by atomic mass is 9.65. The van der Waals surface area contributed by atoms with E-state index in [4.69, 9.17) is 5.73 Å². The summed E-state index contributed by atoms with van der Waals surface area (Å²) in [5.74, 6) is 1.07. The zero-order chi connectivity index (χ0) is 19.3. The minimum atomic E-state index is -3.51. The van der Waals surface area contributed by atoms with E-state index < -0.39 is 10.0 Å². The van der Waals surface area contributed by atoms with Crippen LogP contribution in [0.1, 0.15) is 37.7 Å². The molecule has 1 aliphatic heterocycles. The van der Waals surface area contributed by atoms with E-state index in [9.17, 15) is 13.2 Å². The smallest absolute Gasteiger partial charge is 0.242 e. The molecule has 0 aromatic heterocycles. The average Bonchev–Trinajstić information content (AvgIpc) is 3.03. The van der Waals surface area contributed by atoms with Crippen LogP contribution < -0.4 is 10.6 Å². The highest BCUT2D eigenvalue weighted by Crippen LogP contribution is 2.43. The first-order valence-corrected chi connectivity index (χ1v) is 11.4. The third kappa shape index (κ3) is 3.19. The van der Waals surface area contributed by atoms with Crippen LogP contribution in [0.5, 0.6) is 0 Å². The van der Waals surface area contributed by atoms with Crippen LogP contribution in [-0.2, 0) is 21.2 Å². The van der Waals surface area contributed by atoms with Crippen molar-refractivity contribution in [2.24, 2.45) is 23.5 Å². The number of hydrogen-bond donors (Lipinski definition) is 1. The Morgan fingerprint density at radius 1 is 1.19 bits per heavy atom. The molecule has 7 heteroatoms. The van der Waals surface area contributed by atoms with E-state index in [0.29, 0.717) is 18.4 Å². The van der Waals surface area contributed by atoms with Crippen LogP contribution in [-0.4, -0.2) is 45.3 Å². The zero-order valence-electron chi connectivity index (χ0n) is 16.1. The Kier molecular flexibility index (Phi) is 4.81. The quantitative estimate of drug-likeness (QED) is 0.854. The second-order valence-electron chi connectivity index (χ2n) is 8.51. The first-order chi connectivity index (χ1) is 12.8. The van der Waals surface area contributed by atoms with E-state index in [0.717, 1.165) is 43.4 Å². The van der Waals surface area contributed by atoms with Gasteiger partial charge in [0.25, 0.3) is 0 Å². The molecule has 0 saturated heterocycles. The molecule has 148 valence electrons. The average molecular weight is 392 g/mol. The minimum Gasteiger partial charge on any atom is -0.327 e. The molecule has 3 aliphatic rings. The molecule has 4 rings (SSSR count). The lowest BCUT2D eigenvalue weighted by Crippen LogP contribution is -2.49. The molecule has 6 nitrogen and oxygen atoms in total. The van der Waals surface area contributed by atoms with Gasteiger partial charge in [-0.15, -0.1) is 0 Å². The number of anilines is 1. The predicted molar refractivity (Wildman–Crippen MR) is 105 cm³/mol. The molecule has 1 heterocycles. The van der Waals surface area contributed by atoms with Crippen LogP contribution in [0.4, 0.5) is 5.69 Å². The Morgan fingerprint density at radius 3 is 2.48 bits per heavy atom. The molecule has 1 aromatic carbocycles. The lowest BCUT2D eigenvalue weighted by Gasteiger charge is -2.44. The molecule has 2 atom stereocenters. The van der Waals surface area contributed by atoms with Crippen molar-refractivity contribution in [3.63, 3.8) is 0 Å². The number of nitrogens with zero attached hydrogens (tertiary/aromatic N) is 2. The monoisotopic (exact) mass is 391 g/mol. The van der Waals surface area contributed by atoms with Crippen LogP contribution >= 0.6 is 0 Å². The van der Waals surface area contributed by atoms with Crippen molar-refractivity contribution < 1.29 is 13.2 Å². The molecule has 1 aromatic rings. The normalized spacial score (nSPS) is 30.4. The molecule has 2 N–H and O–H groups in total. The molecule has 1 amide bonds. The van der Waals surface area contributed by atoms with Gasteiger partial charge < -0.3 is 10.6 Å². The highest BCUT2D eigenvalue weighted by molar-refractivity contribution is 7.89. The number of nitrogens with two attached hydrogens (primary N) is 1. The van der Waals surface area contributed by atoms with Crippen LogP contribution in [0.15, 0.2) is 23.1 Å². The standard InChI is InChI=1S/C20H29N3O3S/c1-22(2)27(25,26)17-7-6-13-8-9-23(18(13)12-17)20(24)16-10-14-4-3-5-15(11-16)19(14)21/h6-7,12,14-16,19H,3-5,8-11,21H2,1-2H3. The maximum atomic E-state index is 13.3. The van der Waals surface area contributed by atoms with Crippen molar-refractivity contribution in [2.75, 3.05) is 25.5 Å². The van der Waals surface area contributed by atoms with Gasteiger partial charge in [-0.25, -0.2) is 12.7 Å². The predicted octanol–water partition coefficient (Wildman–Crippen LogP) is 1.98. The zero-order valence-corrected chi connectivity index (χ0v) is 16.9. The van der Waals surface area contributed by atoms with Gasteiger partial charge in [-0.05, 0) is 61.6 Å². The first-order valence-electron chi connectivity index (χ1n) is 9.91. The van der Waals surface area contributed by atoms with E-state index >= 15 is 0 Å². The molecular formula is C20H29N3O3S. The van der Waals surface area contributed by atoms with Gasteiger partial charge >= 0.3 is 0 Å². The van der Waals surface area contributed by atoms with Gasteiger partial charge in [-0.3, -0.25) is 4.79 Å². The SMILES string of the molecule is CN(C)S(=O)(=O)c1ccc2c(c1)N(C(=O)C1CC3CCCC(C1)C3N)CC2. The fourth-order valence-electron chi connectivity index (χ4n) is 5.17. The Morgan fingerprint density at radius 2 is 1.85 bits per heavy atom. The van der Waals surface area contributed by atoms with Gasteiger partial charge in [0.05, 0.1) is 4.90 Å². The van der Waals surface area contributed by atoms with Crippen LogP contribution in [0.2, 0.25) is 0 Å². The molecule has 2 bridgehead atoms. The molecule has 0 radical (unpaired) electrons. The number of rotatable bonds is 3. The number of carbonyl (C=O) groups excluding carboxylic acids is 1. The molecule has 2 fully saturated rings.